The second-order valence-corrected chi connectivity index (χ2v) is 9.79. The van der Waals surface area contributed by atoms with E-state index in [0.29, 0.717) is 6.04 Å². The number of benzene rings is 2. The summed E-state index contributed by atoms with van der Waals surface area (Å²) in [5.74, 6) is 0.967. The molecule has 0 radical (unpaired) electrons. The highest BCUT2D eigenvalue weighted by Crippen LogP contribution is 2.28. The number of likely N-dealkylation sites (tertiary alicyclic amines) is 1. The minimum Gasteiger partial charge on any atom is -0.303 e. The van der Waals surface area contributed by atoms with Crippen LogP contribution in [0.5, 0.6) is 0 Å². The van der Waals surface area contributed by atoms with Crippen LogP contribution in [0.4, 0.5) is 0 Å². The van der Waals surface area contributed by atoms with Crippen LogP contribution in [-0.2, 0) is 6.54 Å². The first-order valence-corrected chi connectivity index (χ1v) is 13.0. The molecule has 0 spiro atoms. The van der Waals surface area contributed by atoms with Gasteiger partial charge in [0.25, 0.3) is 0 Å². The first kappa shape index (κ1) is 23.9. The largest absolute Gasteiger partial charge is 0.303 e. The van der Waals surface area contributed by atoms with E-state index in [1.807, 2.05) is 0 Å². The van der Waals surface area contributed by atoms with Crippen LogP contribution >= 0.6 is 0 Å². The summed E-state index contributed by atoms with van der Waals surface area (Å²) < 4.78 is 2.05. The van der Waals surface area contributed by atoms with Gasteiger partial charge >= 0.3 is 0 Å². The molecule has 2 saturated heterocycles. The van der Waals surface area contributed by atoms with Crippen molar-refractivity contribution in [3.05, 3.63) is 83.7 Å². The van der Waals surface area contributed by atoms with E-state index in [1.165, 1.54) is 30.5 Å². The maximum atomic E-state index is 4.56. The minimum absolute atomic E-state index is 0.0783. The van der Waals surface area contributed by atoms with Crippen LogP contribution < -0.4 is 0 Å². The molecule has 0 saturated carbocycles. The lowest BCUT2D eigenvalue weighted by atomic mass is 10.0. The van der Waals surface area contributed by atoms with E-state index < -0.39 is 0 Å². The van der Waals surface area contributed by atoms with Crippen molar-refractivity contribution in [2.45, 2.75) is 37.9 Å². The second kappa shape index (κ2) is 11.7. The number of rotatable bonds is 9. The highest BCUT2D eigenvalue weighted by atomic mass is 15.6. The van der Waals surface area contributed by atoms with Crippen molar-refractivity contribution in [1.82, 2.24) is 34.9 Å². The quantitative estimate of drug-likeness (QED) is 0.476. The lowest BCUT2D eigenvalue weighted by Gasteiger charge is -2.38. The summed E-state index contributed by atoms with van der Waals surface area (Å²) in [4.78, 5) is 7.55. The third kappa shape index (κ3) is 6.04. The van der Waals surface area contributed by atoms with Gasteiger partial charge in [0.1, 0.15) is 0 Å². The van der Waals surface area contributed by atoms with Crippen LogP contribution in [0.2, 0.25) is 0 Å². The van der Waals surface area contributed by atoms with E-state index in [0.717, 1.165) is 51.5 Å². The van der Waals surface area contributed by atoms with E-state index in [9.17, 15) is 0 Å². The molecule has 0 N–H and O–H groups in total. The standard InChI is InChI=1S/C28H37N7/c1-32-17-9-15-26(32)16-19-35-28(29-30-31-35)27(25-13-6-3-7-14-25)34-22-20-33(21-23-34)18-8-12-24-10-4-2-5-11-24/h2-8,10-14,26-27H,9,15-23H2,1H3/t26?,27-/m0/s1. The normalized spacial score (nSPS) is 21.1. The molecule has 0 amide bonds. The number of aromatic nitrogens is 4. The van der Waals surface area contributed by atoms with Gasteiger partial charge in [-0.1, -0.05) is 72.8 Å². The summed E-state index contributed by atoms with van der Waals surface area (Å²) in [5, 5.41) is 13.1. The third-order valence-corrected chi connectivity index (χ3v) is 7.51. The number of tetrazole rings is 1. The molecule has 5 rings (SSSR count). The highest BCUT2D eigenvalue weighted by Gasteiger charge is 2.31. The van der Waals surface area contributed by atoms with Gasteiger partial charge in [0.2, 0.25) is 0 Å². The minimum atomic E-state index is 0.0783. The van der Waals surface area contributed by atoms with Crippen molar-refractivity contribution in [2.24, 2.45) is 0 Å². The molecule has 2 aromatic carbocycles. The van der Waals surface area contributed by atoms with Gasteiger partial charge in [-0.25, -0.2) is 4.68 Å². The molecule has 2 fully saturated rings. The van der Waals surface area contributed by atoms with Crippen molar-refractivity contribution >= 4 is 6.08 Å². The van der Waals surface area contributed by atoms with E-state index in [4.69, 9.17) is 0 Å². The Bertz CT molecular complexity index is 1060. The molecule has 2 aliphatic rings. The Kier molecular flexibility index (Phi) is 7.98. The van der Waals surface area contributed by atoms with Crippen molar-refractivity contribution in [3.8, 4) is 0 Å². The first-order valence-electron chi connectivity index (χ1n) is 13.0. The summed E-state index contributed by atoms with van der Waals surface area (Å²) in [6.07, 6.45) is 8.16. The molecule has 2 aliphatic heterocycles. The fourth-order valence-electron chi connectivity index (χ4n) is 5.45. The number of piperazine rings is 1. The summed E-state index contributed by atoms with van der Waals surface area (Å²) in [7, 11) is 2.24. The Morgan fingerprint density at radius 3 is 2.40 bits per heavy atom. The van der Waals surface area contributed by atoms with Crippen LogP contribution in [0.25, 0.3) is 6.08 Å². The van der Waals surface area contributed by atoms with Crippen molar-refractivity contribution in [1.29, 1.82) is 0 Å². The molecule has 1 aromatic heterocycles. The van der Waals surface area contributed by atoms with Gasteiger partial charge in [-0.3, -0.25) is 9.80 Å². The SMILES string of the molecule is CN1CCCC1CCn1nnnc1[C@H](c1ccccc1)N1CCN(CC=Cc2ccccc2)CC1. The fourth-order valence-corrected chi connectivity index (χ4v) is 5.45. The summed E-state index contributed by atoms with van der Waals surface area (Å²) in [6, 6.07) is 22.0. The van der Waals surface area contributed by atoms with E-state index in [-0.39, 0.29) is 6.04 Å². The van der Waals surface area contributed by atoms with Gasteiger partial charge in [-0.2, -0.15) is 0 Å². The fraction of sp³-hybridized carbons (Fsp3) is 0.464. The Hall–Kier alpha value is -2.87. The molecular formula is C28H37N7. The number of hydrogen-bond donors (Lipinski definition) is 0. The maximum Gasteiger partial charge on any atom is 0.173 e. The molecule has 7 nitrogen and oxygen atoms in total. The zero-order valence-corrected chi connectivity index (χ0v) is 20.8. The number of aryl methyl sites for hydroxylation is 1. The van der Waals surface area contributed by atoms with Crippen molar-refractivity contribution in [3.63, 3.8) is 0 Å². The Morgan fingerprint density at radius 1 is 0.943 bits per heavy atom. The van der Waals surface area contributed by atoms with Crippen LogP contribution in [-0.4, -0.2) is 87.3 Å². The number of nitrogens with zero attached hydrogens (tertiary/aromatic N) is 7. The maximum absolute atomic E-state index is 4.56. The second-order valence-electron chi connectivity index (χ2n) is 9.79. The van der Waals surface area contributed by atoms with Crippen molar-refractivity contribution in [2.75, 3.05) is 46.3 Å². The summed E-state index contributed by atoms with van der Waals surface area (Å²) in [5.41, 5.74) is 2.52. The Balaban J connectivity index is 1.25. The predicted molar refractivity (Wildman–Crippen MR) is 140 cm³/mol. The lowest BCUT2D eigenvalue weighted by Crippen LogP contribution is -2.48. The van der Waals surface area contributed by atoms with E-state index in [1.54, 1.807) is 0 Å². The van der Waals surface area contributed by atoms with Gasteiger partial charge in [0.05, 0.1) is 6.04 Å². The molecule has 1 unspecified atom stereocenters. The monoisotopic (exact) mass is 471 g/mol. The van der Waals surface area contributed by atoms with Gasteiger partial charge < -0.3 is 4.90 Å². The molecule has 0 aliphatic carbocycles. The van der Waals surface area contributed by atoms with Crippen LogP contribution in [0, 0.1) is 0 Å². The van der Waals surface area contributed by atoms with Crippen LogP contribution in [0.1, 0.15) is 42.3 Å². The molecule has 35 heavy (non-hydrogen) atoms. The van der Waals surface area contributed by atoms with Crippen molar-refractivity contribution < 1.29 is 0 Å². The summed E-state index contributed by atoms with van der Waals surface area (Å²) in [6.45, 7) is 7.11. The molecule has 3 aromatic rings. The molecule has 184 valence electrons. The topological polar surface area (TPSA) is 53.3 Å². The number of hydrogen-bond acceptors (Lipinski definition) is 6. The van der Waals surface area contributed by atoms with Gasteiger partial charge in [0.15, 0.2) is 5.82 Å². The molecular weight excluding hydrogens is 434 g/mol. The Morgan fingerprint density at radius 2 is 1.69 bits per heavy atom. The van der Waals surface area contributed by atoms with E-state index >= 15 is 0 Å². The smallest absolute Gasteiger partial charge is 0.173 e. The molecule has 3 heterocycles. The lowest BCUT2D eigenvalue weighted by molar-refractivity contribution is 0.112. The Labute approximate surface area is 209 Å². The average molecular weight is 472 g/mol. The van der Waals surface area contributed by atoms with Crippen LogP contribution in [0.15, 0.2) is 66.7 Å². The van der Waals surface area contributed by atoms with Gasteiger partial charge in [0, 0.05) is 45.3 Å². The first-order chi connectivity index (χ1) is 17.3. The zero-order chi connectivity index (χ0) is 23.9. The highest BCUT2D eigenvalue weighted by molar-refractivity contribution is 5.48. The molecule has 7 heteroatoms. The summed E-state index contributed by atoms with van der Waals surface area (Å²) >= 11 is 0. The zero-order valence-electron chi connectivity index (χ0n) is 20.8. The van der Waals surface area contributed by atoms with Gasteiger partial charge in [-0.15, -0.1) is 5.10 Å². The van der Waals surface area contributed by atoms with Gasteiger partial charge in [-0.05, 0) is 54.4 Å². The van der Waals surface area contributed by atoms with E-state index in [2.05, 4.69) is 115 Å². The molecule has 2 atom stereocenters. The molecule has 0 bridgehead atoms. The average Bonchev–Trinajstić information content (AvgIpc) is 3.54. The predicted octanol–water partition coefficient (Wildman–Crippen LogP) is 3.58. The third-order valence-electron chi connectivity index (χ3n) is 7.51. The van der Waals surface area contributed by atoms with Crippen LogP contribution in [0.3, 0.4) is 0 Å².